The number of nitrogens with one attached hydrogen (secondary N) is 1. The van der Waals surface area contributed by atoms with Gasteiger partial charge in [0, 0.05) is 14.1 Å². The van der Waals surface area contributed by atoms with Gasteiger partial charge in [0.2, 0.25) is 0 Å². The minimum absolute atomic E-state index is 0.240. The van der Waals surface area contributed by atoms with E-state index in [0.717, 1.165) is 5.82 Å². The number of nitrogens with zero attached hydrogens (tertiary/aromatic N) is 2. The molecule has 104 valence electrons. The van der Waals surface area contributed by atoms with Crippen molar-refractivity contribution in [2.24, 2.45) is 0 Å². The molecule has 2 rings (SSSR count). The second kappa shape index (κ2) is 6.11. The number of hydrogen-bond acceptors (Lipinski definition) is 3. The van der Waals surface area contributed by atoms with Gasteiger partial charge in [0.25, 0.3) is 5.91 Å². The van der Waals surface area contributed by atoms with Crippen LogP contribution in [0.15, 0.2) is 36.5 Å². The smallest absolute Gasteiger partial charge is 0.257 e. The average molecular weight is 310 g/mol. The van der Waals surface area contributed by atoms with Crippen LogP contribution in [0.2, 0.25) is 10.0 Å². The van der Waals surface area contributed by atoms with Gasteiger partial charge in [-0.1, -0.05) is 29.3 Å². The Morgan fingerprint density at radius 1 is 1.20 bits per heavy atom. The molecule has 1 aromatic heterocycles. The molecule has 1 amide bonds. The number of pyridine rings is 1. The number of rotatable bonds is 3. The highest BCUT2D eigenvalue weighted by molar-refractivity contribution is 6.44. The minimum Gasteiger partial charge on any atom is -0.363 e. The van der Waals surface area contributed by atoms with Gasteiger partial charge < -0.3 is 10.2 Å². The lowest BCUT2D eigenvalue weighted by molar-refractivity contribution is 0.102. The summed E-state index contributed by atoms with van der Waals surface area (Å²) in [5.74, 6) is 0.487. The summed E-state index contributed by atoms with van der Waals surface area (Å²) in [5, 5.41) is 3.32. The summed E-state index contributed by atoms with van der Waals surface area (Å²) >= 11 is 11.9. The summed E-state index contributed by atoms with van der Waals surface area (Å²) in [6, 6.07) is 8.52. The van der Waals surface area contributed by atoms with Crippen LogP contribution in [0.3, 0.4) is 0 Å². The van der Waals surface area contributed by atoms with Crippen LogP contribution in [0, 0.1) is 0 Å². The van der Waals surface area contributed by atoms with E-state index in [9.17, 15) is 4.79 Å². The topological polar surface area (TPSA) is 45.2 Å². The van der Waals surface area contributed by atoms with Crippen molar-refractivity contribution in [1.29, 1.82) is 0 Å². The van der Waals surface area contributed by atoms with Gasteiger partial charge in [0.1, 0.15) is 5.82 Å². The van der Waals surface area contributed by atoms with Crippen molar-refractivity contribution in [3.63, 3.8) is 0 Å². The third-order valence-electron chi connectivity index (χ3n) is 2.66. The molecule has 6 heteroatoms. The zero-order valence-electron chi connectivity index (χ0n) is 11.0. The fourth-order valence-electron chi connectivity index (χ4n) is 1.60. The monoisotopic (exact) mass is 309 g/mol. The number of hydrogen-bond donors (Lipinski definition) is 1. The highest BCUT2D eigenvalue weighted by Crippen LogP contribution is 2.26. The van der Waals surface area contributed by atoms with Crippen LogP contribution in [-0.4, -0.2) is 25.0 Å². The number of carbonyl (C=O) groups excluding carboxylic acids is 1. The predicted molar refractivity (Wildman–Crippen MR) is 83.0 cm³/mol. The van der Waals surface area contributed by atoms with Crippen LogP contribution < -0.4 is 10.2 Å². The Hall–Kier alpha value is -1.78. The van der Waals surface area contributed by atoms with E-state index in [-0.39, 0.29) is 10.9 Å². The van der Waals surface area contributed by atoms with E-state index in [2.05, 4.69) is 10.3 Å². The molecule has 1 heterocycles. The largest absolute Gasteiger partial charge is 0.363 e. The first-order valence-corrected chi connectivity index (χ1v) is 6.63. The maximum absolute atomic E-state index is 12.1. The molecule has 20 heavy (non-hydrogen) atoms. The highest BCUT2D eigenvalue weighted by atomic mass is 35.5. The first kappa shape index (κ1) is 14.6. The van der Waals surface area contributed by atoms with E-state index >= 15 is 0 Å². The summed E-state index contributed by atoms with van der Waals surface area (Å²) in [6.45, 7) is 0. The molecule has 0 spiro atoms. The highest BCUT2D eigenvalue weighted by Gasteiger charge is 2.12. The molecule has 2 aromatic rings. The summed E-state index contributed by atoms with van der Waals surface area (Å²) < 4.78 is 0. The number of halogens is 2. The third-order valence-corrected chi connectivity index (χ3v) is 3.48. The normalized spacial score (nSPS) is 10.2. The van der Waals surface area contributed by atoms with Crippen molar-refractivity contribution in [3.05, 3.63) is 52.1 Å². The van der Waals surface area contributed by atoms with E-state index < -0.39 is 0 Å². The zero-order valence-corrected chi connectivity index (χ0v) is 12.5. The molecule has 0 saturated carbocycles. The molecule has 0 aliphatic heterocycles. The number of aromatic nitrogens is 1. The SMILES string of the molecule is CN(C)c1ccc(NC(=O)c2cccc(Cl)c2Cl)cn1. The first-order valence-electron chi connectivity index (χ1n) is 5.88. The van der Waals surface area contributed by atoms with Crippen molar-refractivity contribution in [1.82, 2.24) is 4.98 Å². The molecule has 0 aliphatic carbocycles. The Kier molecular flexibility index (Phi) is 4.47. The van der Waals surface area contributed by atoms with Crippen LogP contribution in [0.25, 0.3) is 0 Å². The average Bonchev–Trinajstić information content (AvgIpc) is 2.42. The van der Waals surface area contributed by atoms with Crippen LogP contribution in [0.1, 0.15) is 10.4 Å². The number of benzene rings is 1. The lowest BCUT2D eigenvalue weighted by atomic mass is 10.2. The molecular weight excluding hydrogens is 297 g/mol. The second-order valence-electron chi connectivity index (χ2n) is 4.36. The zero-order chi connectivity index (χ0) is 14.7. The molecule has 0 radical (unpaired) electrons. The maximum Gasteiger partial charge on any atom is 0.257 e. The summed E-state index contributed by atoms with van der Waals surface area (Å²) in [7, 11) is 3.79. The molecule has 4 nitrogen and oxygen atoms in total. The van der Waals surface area contributed by atoms with Gasteiger partial charge in [-0.2, -0.15) is 0 Å². The van der Waals surface area contributed by atoms with E-state index in [1.807, 2.05) is 25.1 Å². The third kappa shape index (κ3) is 3.21. The standard InChI is InChI=1S/C14H13Cl2N3O/c1-19(2)12-7-6-9(8-17-12)18-14(20)10-4-3-5-11(15)13(10)16/h3-8H,1-2H3,(H,18,20). The Morgan fingerprint density at radius 3 is 2.55 bits per heavy atom. The van der Waals surface area contributed by atoms with Crippen molar-refractivity contribution in [2.75, 3.05) is 24.3 Å². The lowest BCUT2D eigenvalue weighted by Crippen LogP contribution is -2.14. The molecule has 0 saturated heterocycles. The molecule has 0 unspecified atom stereocenters. The van der Waals surface area contributed by atoms with Gasteiger partial charge in [-0.3, -0.25) is 4.79 Å². The molecule has 0 atom stereocenters. The molecule has 0 fully saturated rings. The molecule has 0 aliphatic rings. The Labute approximate surface area is 127 Å². The quantitative estimate of drug-likeness (QED) is 0.940. The lowest BCUT2D eigenvalue weighted by Gasteiger charge is -2.12. The van der Waals surface area contributed by atoms with Crippen molar-refractivity contribution < 1.29 is 4.79 Å². The van der Waals surface area contributed by atoms with Crippen LogP contribution >= 0.6 is 23.2 Å². The summed E-state index contributed by atoms with van der Waals surface area (Å²) in [4.78, 5) is 18.2. The van der Waals surface area contributed by atoms with E-state index in [1.165, 1.54) is 0 Å². The van der Waals surface area contributed by atoms with Gasteiger partial charge in [-0.25, -0.2) is 4.98 Å². The van der Waals surface area contributed by atoms with Crippen molar-refractivity contribution in [2.45, 2.75) is 0 Å². The van der Waals surface area contributed by atoms with Gasteiger partial charge in [-0.05, 0) is 24.3 Å². The Morgan fingerprint density at radius 2 is 1.95 bits per heavy atom. The van der Waals surface area contributed by atoms with Gasteiger partial charge in [-0.15, -0.1) is 0 Å². The van der Waals surface area contributed by atoms with Crippen LogP contribution in [-0.2, 0) is 0 Å². The minimum atomic E-state index is -0.322. The van der Waals surface area contributed by atoms with E-state index in [0.29, 0.717) is 16.3 Å². The van der Waals surface area contributed by atoms with Gasteiger partial charge in [0.05, 0.1) is 27.5 Å². The molecule has 1 N–H and O–H groups in total. The number of amides is 1. The summed E-state index contributed by atoms with van der Waals surface area (Å²) in [6.07, 6.45) is 1.59. The summed E-state index contributed by atoms with van der Waals surface area (Å²) in [5.41, 5.74) is 0.924. The Bertz CT molecular complexity index is 627. The van der Waals surface area contributed by atoms with Crippen molar-refractivity contribution in [3.8, 4) is 0 Å². The van der Waals surface area contributed by atoms with Crippen LogP contribution in [0.4, 0.5) is 11.5 Å². The number of carbonyl (C=O) groups is 1. The fraction of sp³-hybridized carbons (Fsp3) is 0.143. The van der Waals surface area contributed by atoms with Gasteiger partial charge >= 0.3 is 0 Å². The maximum atomic E-state index is 12.1. The van der Waals surface area contributed by atoms with Crippen LogP contribution in [0.5, 0.6) is 0 Å². The molecule has 1 aromatic carbocycles. The fourth-order valence-corrected chi connectivity index (χ4v) is 1.99. The molecular formula is C14H13Cl2N3O. The number of anilines is 2. The van der Waals surface area contributed by atoms with Gasteiger partial charge in [0.15, 0.2) is 0 Å². The second-order valence-corrected chi connectivity index (χ2v) is 5.14. The molecule has 0 bridgehead atoms. The van der Waals surface area contributed by atoms with Crippen molar-refractivity contribution >= 4 is 40.6 Å². The van der Waals surface area contributed by atoms with E-state index in [1.54, 1.807) is 30.5 Å². The first-order chi connectivity index (χ1) is 9.49. The van der Waals surface area contributed by atoms with E-state index in [4.69, 9.17) is 23.2 Å². The predicted octanol–water partition coefficient (Wildman–Crippen LogP) is 3.71. The Balaban J connectivity index is 2.17.